The number of nitrogens with zero attached hydrogens (tertiary/aromatic N) is 1. The van der Waals surface area contributed by atoms with Gasteiger partial charge in [0.1, 0.15) is 0 Å². The van der Waals surface area contributed by atoms with Gasteiger partial charge in [-0.2, -0.15) is 0 Å². The summed E-state index contributed by atoms with van der Waals surface area (Å²) in [6.45, 7) is 2.76. The number of benzene rings is 2. The first-order chi connectivity index (χ1) is 14.3. The summed E-state index contributed by atoms with van der Waals surface area (Å²) in [5.74, 6) is -0.670. The van der Waals surface area contributed by atoms with Gasteiger partial charge < -0.3 is 10.2 Å². The number of primary sulfonamides is 1. The Morgan fingerprint density at radius 3 is 2.33 bits per heavy atom. The topological polar surface area (TPSA) is 110 Å². The second kappa shape index (κ2) is 9.40. The van der Waals surface area contributed by atoms with Crippen molar-refractivity contribution in [1.82, 2.24) is 5.32 Å². The molecule has 8 heteroatoms. The van der Waals surface area contributed by atoms with Gasteiger partial charge in [-0.25, -0.2) is 13.6 Å². The normalized spacial score (nSPS) is 16.7. The molecule has 2 amide bonds. The van der Waals surface area contributed by atoms with Crippen LogP contribution < -0.4 is 15.4 Å². The molecule has 30 heavy (non-hydrogen) atoms. The molecule has 1 saturated heterocycles. The highest BCUT2D eigenvalue weighted by atomic mass is 32.2. The van der Waals surface area contributed by atoms with E-state index < -0.39 is 15.9 Å². The van der Waals surface area contributed by atoms with Crippen LogP contribution in [0.1, 0.15) is 37.3 Å². The van der Waals surface area contributed by atoms with Crippen molar-refractivity contribution in [2.75, 3.05) is 11.4 Å². The van der Waals surface area contributed by atoms with E-state index in [1.165, 1.54) is 17.7 Å². The molecular weight excluding hydrogens is 402 g/mol. The van der Waals surface area contributed by atoms with E-state index in [0.29, 0.717) is 6.54 Å². The van der Waals surface area contributed by atoms with Gasteiger partial charge in [-0.15, -0.1) is 0 Å². The van der Waals surface area contributed by atoms with E-state index in [0.717, 1.165) is 30.5 Å². The SMILES string of the molecule is CCCCc1ccc(N2C[C@H](C(=O)NCc3ccc(S(N)(=O)=O)cc3)CC2=O)cc1. The van der Waals surface area contributed by atoms with E-state index in [4.69, 9.17) is 5.14 Å². The van der Waals surface area contributed by atoms with Gasteiger partial charge in [0.2, 0.25) is 21.8 Å². The van der Waals surface area contributed by atoms with Crippen LogP contribution in [0.4, 0.5) is 5.69 Å². The van der Waals surface area contributed by atoms with E-state index >= 15 is 0 Å². The highest BCUT2D eigenvalue weighted by molar-refractivity contribution is 7.89. The van der Waals surface area contributed by atoms with Crippen LogP contribution in [0.5, 0.6) is 0 Å². The first-order valence-corrected chi connectivity index (χ1v) is 11.6. The van der Waals surface area contributed by atoms with Crippen LogP contribution in [-0.4, -0.2) is 26.8 Å². The van der Waals surface area contributed by atoms with Crippen LogP contribution in [0.3, 0.4) is 0 Å². The average Bonchev–Trinajstić information content (AvgIpc) is 3.12. The zero-order chi connectivity index (χ0) is 21.7. The standard InChI is InChI=1S/C22H27N3O4S/c1-2-3-4-16-5-9-19(10-6-16)25-15-18(13-21(25)26)22(27)24-14-17-7-11-20(12-8-17)30(23,28)29/h5-12,18H,2-4,13-15H2,1H3,(H,24,27)(H2,23,28,29)/t18-/m1/s1. The van der Waals surface area contributed by atoms with Crippen molar-refractivity contribution < 1.29 is 18.0 Å². The van der Waals surface area contributed by atoms with Gasteiger partial charge in [0.25, 0.3) is 0 Å². The van der Waals surface area contributed by atoms with Crippen molar-refractivity contribution in [2.45, 2.75) is 44.0 Å². The number of carbonyl (C=O) groups excluding carboxylic acids is 2. The quantitative estimate of drug-likeness (QED) is 0.671. The molecule has 0 radical (unpaired) electrons. The molecule has 0 aromatic heterocycles. The third kappa shape index (κ3) is 5.46. The largest absolute Gasteiger partial charge is 0.352 e. The summed E-state index contributed by atoms with van der Waals surface area (Å²) in [5.41, 5.74) is 2.81. The molecule has 1 aliphatic rings. The van der Waals surface area contributed by atoms with Crippen molar-refractivity contribution in [2.24, 2.45) is 11.1 Å². The van der Waals surface area contributed by atoms with Crippen molar-refractivity contribution in [3.05, 3.63) is 59.7 Å². The summed E-state index contributed by atoms with van der Waals surface area (Å²) >= 11 is 0. The van der Waals surface area contributed by atoms with E-state index in [1.807, 2.05) is 24.3 Å². The fraction of sp³-hybridized carbons (Fsp3) is 0.364. The predicted molar refractivity (Wildman–Crippen MR) is 115 cm³/mol. The van der Waals surface area contributed by atoms with Crippen molar-refractivity contribution in [3.63, 3.8) is 0 Å². The lowest BCUT2D eigenvalue weighted by Gasteiger charge is -2.17. The Morgan fingerprint density at radius 1 is 1.10 bits per heavy atom. The van der Waals surface area contributed by atoms with Crippen molar-refractivity contribution >= 4 is 27.5 Å². The number of aryl methyl sites for hydroxylation is 1. The van der Waals surface area contributed by atoms with E-state index in [9.17, 15) is 18.0 Å². The first kappa shape index (κ1) is 22.0. The minimum absolute atomic E-state index is 0.0234. The lowest BCUT2D eigenvalue weighted by molar-refractivity contribution is -0.126. The maximum atomic E-state index is 12.5. The van der Waals surface area contributed by atoms with E-state index in [1.54, 1.807) is 17.0 Å². The lowest BCUT2D eigenvalue weighted by Crippen LogP contribution is -2.32. The Morgan fingerprint density at radius 2 is 1.73 bits per heavy atom. The molecule has 1 aliphatic heterocycles. The summed E-state index contributed by atoms with van der Waals surface area (Å²) < 4.78 is 22.6. The maximum Gasteiger partial charge on any atom is 0.238 e. The Bertz CT molecular complexity index is 1000. The van der Waals surface area contributed by atoms with E-state index in [2.05, 4.69) is 12.2 Å². The monoisotopic (exact) mass is 429 g/mol. The Kier molecular flexibility index (Phi) is 6.89. The fourth-order valence-electron chi connectivity index (χ4n) is 3.49. The number of carbonyl (C=O) groups is 2. The van der Waals surface area contributed by atoms with Crippen LogP contribution in [0.2, 0.25) is 0 Å². The van der Waals surface area contributed by atoms with Gasteiger partial charge >= 0.3 is 0 Å². The average molecular weight is 430 g/mol. The molecule has 7 nitrogen and oxygen atoms in total. The number of nitrogens with two attached hydrogens (primary N) is 1. The van der Waals surface area contributed by atoms with Crippen molar-refractivity contribution in [3.8, 4) is 0 Å². The summed E-state index contributed by atoms with van der Waals surface area (Å²) in [6, 6.07) is 14.0. The predicted octanol–water partition coefficient (Wildman–Crippen LogP) is 2.35. The molecular formula is C22H27N3O4S. The lowest BCUT2D eigenvalue weighted by atomic mass is 10.1. The van der Waals surface area contributed by atoms with Crippen molar-refractivity contribution in [1.29, 1.82) is 0 Å². The second-order valence-corrected chi connectivity index (χ2v) is 9.14. The van der Waals surface area contributed by atoms with Crippen LogP contribution >= 0.6 is 0 Å². The second-order valence-electron chi connectivity index (χ2n) is 7.58. The number of nitrogens with one attached hydrogen (secondary N) is 1. The summed E-state index contributed by atoms with van der Waals surface area (Å²) in [4.78, 5) is 26.6. The Labute approximate surface area is 177 Å². The summed E-state index contributed by atoms with van der Waals surface area (Å²) in [6.07, 6.45) is 3.47. The molecule has 2 aromatic rings. The van der Waals surface area contributed by atoms with Gasteiger partial charge in [0.05, 0.1) is 10.8 Å². The van der Waals surface area contributed by atoms with Gasteiger partial charge in [0, 0.05) is 25.2 Å². The number of hydrogen-bond donors (Lipinski definition) is 2. The molecule has 3 rings (SSSR count). The molecule has 1 heterocycles. The van der Waals surface area contributed by atoms with Gasteiger partial charge in [-0.1, -0.05) is 37.6 Å². The molecule has 160 valence electrons. The molecule has 0 aliphatic carbocycles. The molecule has 1 fully saturated rings. The molecule has 0 saturated carbocycles. The number of sulfonamides is 1. The molecule has 0 spiro atoms. The highest BCUT2D eigenvalue weighted by Gasteiger charge is 2.34. The zero-order valence-electron chi connectivity index (χ0n) is 17.0. The number of hydrogen-bond acceptors (Lipinski definition) is 4. The van der Waals surface area contributed by atoms with Crippen LogP contribution in [0.25, 0.3) is 0 Å². The minimum Gasteiger partial charge on any atom is -0.352 e. The summed E-state index contributed by atoms with van der Waals surface area (Å²) in [7, 11) is -3.74. The molecule has 0 unspecified atom stereocenters. The van der Waals surface area contributed by atoms with Gasteiger partial charge in [-0.05, 0) is 48.2 Å². The third-order valence-corrected chi connectivity index (χ3v) is 6.21. The number of rotatable bonds is 8. The van der Waals surface area contributed by atoms with Crippen LogP contribution in [-0.2, 0) is 32.6 Å². The van der Waals surface area contributed by atoms with Gasteiger partial charge in [0.15, 0.2) is 0 Å². The zero-order valence-corrected chi connectivity index (χ0v) is 17.8. The number of anilines is 1. The Balaban J connectivity index is 1.56. The fourth-order valence-corrected chi connectivity index (χ4v) is 4.00. The highest BCUT2D eigenvalue weighted by Crippen LogP contribution is 2.26. The van der Waals surface area contributed by atoms with Crippen LogP contribution in [0, 0.1) is 5.92 Å². The molecule has 2 aromatic carbocycles. The summed E-state index contributed by atoms with van der Waals surface area (Å²) in [5, 5.41) is 7.91. The number of unbranched alkanes of at least 4 members (excludes halogenated alkanes) is 1. The molecule has 3 N–H and O–H groups in total. The van der Waals surface area contributed by atoms with Gasteiger partial charge in [-0.3, -0.25) is 9.59 Å². The van der Waals surface area contributed by atoms with Crippen LogP contribution in [0.15, 0.2) is 53.4 Å². The van der Waals surface area contributed by atoms with E-state index in [-0.39, 0.29) is 29.7 Å². The Hall–Kier alpha value is -2.71. The minimum atomic E-state index is -3.74. The maximum absolute atomic E-state index is 12.5. The molecule has 0 bridgehead atoms. The smallest absolute Gasteiger partial charge is 0.238 e. The first-order valence-electron chi connectivity index (χ1n) is 10.1. The molecule has 1 atom stereocenters. The third-order valence-electron chi connectivity index (χ3n) is 5.28. The number of amides is 2.